The monoisotopic (exact) mass is 474 g/mol. The fourth-order valence-corrected chi connectivity index (χ4v) is 3.75. The third-order valence-corrected chi connectivity index (χ3v) is 5.91. The van der Waals surface area contributed by atoms with Crippen LogP contribution in [0.5, 0.6) is 0 Å². The Morgan fingerprint density at radius 3 is 2.63 bits per heavy atom. The van der Waals surface area contributed by atoms with Crippen molar-refractivity contribution >= 4 is 28.5 Å². The fourth-order valence-electron chi connectivity index (χ4n) is 3.75. The summed E-state index contributed by atoms with van der Waals surface area (Å²) in [5.74, 6) is -1.37. The van der Waals surface area contributed by atoms with Crippen molar-refractivity contribution in [3.63, 3.8) is 0 Å². The van der Waals surface area contributed by atoms with Crippen LogP contribution in [0.4, 0.5) is 10.1 Å². The van der Waals surface area contributed by atoms with Gasteiger partial charge in [0, 0.05) is 29.2 Å². The first kappa shape index (κ1) is 24.0. The Labute approximate surface area is 202 Å². The highest BCUT2D eigenvalue weighted by Crippen LogP contribution is 2.29. The van der Waals surface area contributed by atoms with Crippen molar-refractivity contribution in [2.45, 2.75) is 45.3 Å². The molecule has 0 unspecified atom stereocenters. The van der Waals surface area contributed by atoms with E-state index in [9.17, 15) is 14.0 Å². The average molecular weight is 475 g/mol. The van der Waals surface area contributed by atoms with Crippen LogP contribution in [-0.2, 0) is 16.1 Å². The second-order valence-electron chi connectivity index (χ2n) is 8.90. The summed E-state index contributed by atoms with van der Waals surface area (Å²) in [6.07, 6.45) is 3.80. The molecule has 35 heavy (non-hydrogen) atoms. The number of fused-ring (bicyclic) bond motifs is 1. The molecule has 0 saturated carbocycles. The number of pyridine rings is 1. The summed E-state index contributed by atoms with van der Waals surface area (Å²) in [6, 6.07) is 15.2. The molecule has 0 aliphatic carbocycles. The minimum atomic E-state index is -1.08. The van der Waals surface area contributed by atoms with Crippen LogP contribution < -0.4 is 10.2 Å². The highest BCUT2D eigenvalue weighted by Gasteiger charge is 2.35. The number of carbonyl (C=O) groups is 2. The molecule has 1 atom stereocenters. The summed E-state index contributed by atoms with van der Waals surface area (Å²) in [5, 5.41) is 11.2. The minimum Gasteiger partial charge on any atom is -0.349 e. The Kier molecular flexibility index (Phi) is 6.86. The van der Waals surface area contributed by atoms with Crippen LogP contribution in [0.3, 0.4) is 0 Å². The van der Waals surface area contributed by atoms with Crippen LogP contribution in [0.25, 0.3) is 11.0 Å². The van der Waals surface area contributed by atoms with Crippen LogP contribution >= 0.6 is 0 Å². The molecule has 180 valence electrons. The molecule has 0 aliphatic heterocycles. The number of aromatic nitrogens is 4. The van der Waals surface area contributed by atoms with E-state index >= 15 is 0 Å². The number of anilines is 1. The zero-order valence-corrected chi connectivity index (χ0v) is 19.9. The number of para-hydroxylation sites is 1. The van der Waals surface area contributed by atoms with E-state index in [2.05, 4.69) is 20.6 Å². The summed E-state index contributed by atoms with van der Waals surface area (Å²) in [6.45, 7) is 5.57. The molecular formula is C26H27FN6O2. The van der Waals surface area contributed by atoms with E-state index in [0.29, 0.717) is 23.0 Å². The van der Waals surface area contributed by atoms with Crippen molar-refractivity contribution in [2.24, 2.45) is 0 Å². The SMILES string of the molecule is CCC(C)(C)NC(=O)[C@H](c1cccnc1)N(C(=O)Cn1nnc2ccccc21)c1cccc(F)c1. The van der Waals surface area contributed by atoms with Gasteiger partial charge in [0.05, 0.1) is 5.52 Å². The van der Waals surface area contributed by atoms with Gasteiger partial charge in [-0.15, -0.1) is 5.10 Å². The maximum atomic E-state index is 14.3. The van der Waals surface area contributed by atoms with Gasteiger partial charge in [-0.05, 0) is 56.7 Å². The van der Waals surface area contributed by atoms with Gasteiger partial charge in [0.1, 0.15) is 23.9 Å². The molecule has 0 saturated heterocycles. The molecule has 4 aromatic rings. The predicted octanol–water partition coefficient (Wildman–Crippen LogP) is 4.04. The standard InChI is InChI=1S/C26H27FN6O2/c1-4-26(2,3)29-25(35)24(18-9-8-14-28-16-18)33(20-11-7-10-19(27)15-20)23(34)17-32-22-13-6-5-12-21(22)30-31-32/h5-16,24H,4,17H2,1-3H3,(H,29,35)/t24-/m0/s1. The van der Waals surface area contributed by atoms with Gasteiger partial charge in [0.15, 0.2) is 0 Å². The number of amides is 2. The molecule has 9 heteroatoms. The maximum absolute atomic E-state index is 14.3. The molecule has 0 aliphatic rings. The Bertz CT molecular complexity index is 1340. The molecule has 4 rings (SSSR count). The van der Waals surface area contributed by atoms with Crippen LogP contribution in [-0.4, -0.2) is 37.3 Å². The molecule has 0 fully saturated rings. The first-order valence-corrected chi connectivity index (χ1v) is 11.4. The second-order valence-corrected chi connectivity index (χ2v) is 8.90. The van der Waals surface area contributed by atoms with Gasteiger partial charge in [0.2, 0.25) is 11.8 Å². The maximum Gasteiger partial charge on any atom is 0.249 e. The van der Waals surface area contributed by atoms with Gasteiger partial charge in [0.25, 0.3) is 0 Å². The van der Waals surface area contributed by atoms with Crippen molar-refractivity contribution in [2.75, 3.05) is 4.90 Å². The zero-order chi connectivity index (χ0) is 25.0. The smallest absolute Gasteiger partial charge is 0.249 e. The normalized spacial score (nSPS) is 12.3. The van der Waals surface area contributed by atoms with Crippen LogP contribution in [0, 0.1) is 5.82 Å². The number of carbonyl (C=O) groups excluding carboxylic acids is 2. The molecule has 8 nitrogen and oxygen atoms in total. The largest absolute Gasteiger partial charge is 0.349 e. The van der Waals surface area contributed by atoms with E-state index < -0.39 is 29.2 Å². The van der Waals surface area contributed by atoms with Crippen molar-refractivity contribution < 1.29 is 14.0 Å². The van der Waals surface area contributed by atoms with E-state index in [-0.39, 0.29) is 12.2 Å². The van der Waals surface area contributed by atoms with Crippen molar-refractivity contribution in [3.05, 3.63) is 84.4 Å². The molecule has 2 amide bonds. The van der Waals surface area contributed by atoms with Crippen LogP contribution in [0.15, 0.2) is 73.1 Å². The first-order valence-electron chi connectivity index (χ1n) is 11.4. The lowest BCUT2D eigenvalue weighted by Crippen LogP contribution is -2.51. The predicted molar refractivity (Wildman–Crippen MR) is 131 cm³/mol. The lowest BCUT2D eigenvalue weighted by atomic mass is 9.99. The number of hydrogen-bond donors (Lipinski definition) is 1. The third-order valence-electron chi connectivity index (χ3n) is 5.91. The molecule has 2 aromatic carbocycles. The molecule has 1 N–H and O–H groups in total. The van der Waals surface area contributed by atoms with Gasteiger partial charge in [-0.1, -0.05) is 36.4 Å². The van der Waals surface area contributed by atoms with Crippen molar-refractivity contribution in [1.29, 1.82) is 0 Å². The molecular weight excluding hydrogens is 447 g/mol. The summed E-state index contributed by atoms with van der Waals surface area (Å²) in [4.78, 5) is 33.0. The molecule has 0 bridgehead atoms. The van der Waals surface area contributed by atoms with Gasteiger partial charge < -0.3 is 5.32 Å². The van der Waals surface area contributed by atoms with Gasteiger partial charge in [-0.25, -0.2) is 9.07 Å². The van der Waals surface area contributed by atoms with E-state index in [1.807, 2.05) is 39.0 Å². The van der Waals surface area contributed by atoms with Gasteiger partial charge >= 0.3 is 0 Å². The van der Waals surface area contributed by atoms with Gasteiger partial charge in [-0.3, -0.25) is 19.5 Å². The summed E-state index contributed by atoms with van der Waals surface area (Å²) >= 11 is 0. The first-order chi connectivity index (χ1) is 16.8. The van der Waals surface area contributed by atoms with Crippen molar-refractivity contribution in [1.82, 2.24) is 25.3 Å². The number of rotatable bonds is 8. The number of nitrogens with zero attached hydrogens (tertiary/aromatic N) is 5. The zero-order valence-electron chi connectivity index (χ0n) is 19.9. The molecule has 2 aromatic heterocycles. The average Bonchev–Trinajstić information content (AvgIpc) is 3.25. The molecule has 0 spiro atoms. The summed E-state index contributed by atoms with van der Waals surface area (Å²) in [5.41, 5.74) is 1.55. The van der Waals surface area contributed by atoms with E-state index in [1.165, 1.54) is 34.0 Å². The summed E-state index contributed by atoms with van der Waals surface area (Å²) in [7, 11) is 0. The Hall–Kier alpha value is -4.14. The number of benzene rings is 2. The minimum absolute atomic E-state index is 0.196. The highest BCUT2D eigenvalue weighted by atomic mass is 19.1. The molecule has 2 heterocycles. The Morgan fingerprint density at radius 2 is 1.91 bits per heavy atom. The second kappa shape index (κ2) is 10.0. The van der Waals surface area contributed by atoms with E-state index in [1.54, 1.807) is 30.5 Å². The highest BCUT2D eigenvalue weighted by molar-refractivity contribution is 6.01. The number of halogens is 1. The van der Waals surface area contributed by atoms with Crippen molar-refractivity contribution in [3.8, 4) is 0 Å². The fraction of sp³-hybridized carbons (Fsp3) is 0.269. The topological polar surface area (TPSA) is 93.0 Å². The summed E-state index contributed by atoms with van der Waals surface area (Å²) < 4.78 is 15.8. The number of nitrogens with one attached hydrogen (secondary N) is 1. The lowest BCUT2D eigenvalue weighted by Gasteiger charge is -2.34. The quantitative estimate of drug-likeness (QED) is 0.416. The molecule has 0 radical (unpaired) electrons. The van der Waals surface area contributed by atoms with E-state index in [0.717, 1.165) is 0 Å². The van der Waals surface area contributed by atoms with E-state index in [4.69, 9.17) is 0 Å². The van der Waals surface area contributed by atoms with Gasteiger partial charge in [-0.2, -0.15) is 0 Å². The Balaban J connectivity index is 1.81. The number of hydrogen-bond acceptors (Lipinski definition) is 5. The van der Waals surface area contributed by atoms with Crippen LogP contribution in [0.2, 0.25) is 0 Å². The third kappa shape index (κ3) is 5.34. The Morgan fingerprint density at radius 1 is 1.11 bits per heavy atom. The lowest BCUT2D eigenvalue weighted by molar-refractivity contribution is -0.128. The van der Waals surface area contributed by atoms with Crippen LogP contribution in [0.1, 0.15) is 38.8 Å².